The highest BCUT2D eigenvalue weighted by Gasteiger charge is 2.20. The number of morpholine rings is 1. The van der Waals surface area contributed by atoms with Gasteiger partial charge in [-0.3, -0.25) is 4.99 Å². The molecule has 142 valence electrons. The number of anilines is 2. The lowest BCUT2D eigenvalue weighted by atomic mass is 10.0. The van der Waals surface area contributed by atoms with Crippen LogP contribution in [0, 0.1) is 0 Å². The Morgan fingerprint density at radius 2 is 2.11 bits per heavy atom. The minimum absolute atomic E-state index is 0.188. The fraction of sp³-hybridized carbons (Fsp3) is 0.381. The number of aromatic nitrogens is 2. The van der Waals surface area contributed by atoms with E-state index in [9.17, 15) is 0 Å². The number of hydrogen-bond acceptors (Lipinski definition) is 6. The zero-order valence-corrected chi connectivity index (χ0v) is 16.4. The quantitative estimate of drug-likeness (QED) is 0.665. The van der Waals surface area contributed by atoms with Crippen molar-refractivity contribution in [2.45, 2.75) is 26.9 Å². The molecular formula is C21H27N5O. The maximum atomic E-state index is 6.26. The molecule has 1 aliphatic heterocycles. The molecule has 2 heterocycles. The van der Waals surface area contributed by atoms with E-state index < -0.39 is 0 Å². The first-order valence-electron chi connectivity index (χ1n) is 9.18. The Hall–Kier alpha value is -2.73. The zero-order chi connectivity index (χ0) is 19.4. The standard InChI is InChI=1S/C21H27N5O/c1-14(2)9-16-5-6-18(22)17(10-16)21(23-4)19-11-20(25-13-24-19)26-7-8-27-15(3)12-26/h5-6,9-11,13,15H,7-8,12,22H2,1-4H3. The first-order valence-corrected chi connectivity index (χ1v) is 9.18. The predicted molar refractivity (Wildman–Crippen MR) is 111 cm³/mol. The van der Waals surface area contributed by atoms with Crippen LogP contribution in [0.25, 0.3) is 6.08 Å². The molecule has 0 saturated carbocycles. The van der Waals surface area contributed by atoms with E-state index in [0.717, 1.165) is 41.4 Å². The van der Waals surface area contributed by atoms with Crippen molar-refractivity contribution >= 4 is 23.3 Å². The number of aliphatic imine (C=N–C) groups is 1. The average Bonchev–Trinajstić information content (AvgIpc) is 2.65. The number of nitrogen functional groups attached to an aromatic ring is 1. The maximum absolute atomic E-state index is 6.26. The third kappa shape index (κ3) is 4.52. The Kier molecular flexibility index (Phi) is 5.86. The van der Waals surface area contributed by atoms with Crippen LogP contribution in [0.3, 0.4) is 0 Å². The summed E-state index contributed by atoms with van der Waals surface area (Å²) in [6, 6.07) is 7.97. The molecule has 0 spiro atoms. The molecule has 27 heavy (non-hydrogen) atoms. The first kappa shape index (κ1) is 19.0. The highest BCUT2D eigenvalue weighted by Crippen LogP contribution is 2.22. The van der Waals surface area contributed by atoms with Gasteiger partial charge >= 0.3 is 0 Å². The summed E-state index contributed by atoms with van der Waals surface area (Å²) in [6.07, 6.45) is 3.90. The second-order valence-electron chi connectivity index (χ2n) is 7.03. The van der Waals surface area contributed by atoms with E-state index in [2.05, 4.69) is 52.8 Å². The van der Waals surface area contributed by atoms with Gasteiger partial charge < -0.3 is 15.4 Å². The van der Waals surface area contributed by atoms with Crippen molar-refractivity contribution < 1.29 is 4.74 Å². The lowest BCUT2D eigenvalue weighted by molar-refractivity contribution is 0.0529. The summed E-state index contributed by atoms with van der Waals surface area (Å²) in [5, 5.41) is 0. The van der Waals surface area contributed by atoms with Gasteiger partial charge in [0, 0.05) is 37.5 Å². The molecule has 0 radical (unpaired) electrons. The van der Waals surface area contributed by atoms with Gasteiger partial charge in [-0.05, 0) is 38.5 Å². The molecule has 1 saturated heterocycles. The number of hydrogen-bond donors (Lipinski definition) is 1. The SMILES string of the molecule is CN=C(c1cc(N2CCOC(C)C2)ncn1)c1cc(C=C(C)C)ccc1N. The smallest absolute Gasteiger partial charge is 0.132 e. The number of allylic oxidation sites excluding steroid dienone is 1. The van der Waals surface area contributed by atoms with Gasteiger partial charge in [-0.2, -0.15) is 0 Å². The van der Waals surface area contributed by atoms with Crippen molar-refractivity contribution in [3.05, 3.63) is 53.0 Å². The van der Waals surface area contributed by atoms with Crippen LogP contribution in [0.4, 0.5) is 11.5 Å². The molecule has 6 nitrogen and oxygen atoms in total. The Morgan fingerprint density at radius 1 is 1.30 bits per heavy atom. The van der Waals surface area contributed by atoms with Crippen molar-refractivity contribution in [1.29, 1.82) is 0 Å². The van der Waals surface area contributed by atoms with Crippen molar-refractivity contribution in [3.63, 3.8) is 0 Å². The highest BCUT2D eigenvalue weighted by molar-refractivity contribution is 6.15. The largest absolute Gasteiger partial charge is 0.398 e. The zero-order valence-electron chi connectivity index (χ0n) is 16.4. The van der Waals surface area contributed by atoms with Crippen LogP contribution in [-0.2, 0) is 4.74 Å². The van der Waals surface area contributed by atoms with Gasteiger partial charge in [-0.15, -0.1) is 0 Å². The first-order chi connectivity index (χ1) is 13.0. The second-order valence-corrected chi connectivity index (χ2v) is 7.03. The Balaban J connectivity index is 1.97. The molecular weight excluding hydrogens is 338 g/mol. The summed E-state index contributed by atoms with van der Waals surface area (Å²) in [4.78, 5) is 15.6. The van der Waals surface area contributed by atoms with Gasteiger partial charge in [0.1, 0.15) is 12.1 Å². The van der Waals surface area contributed by atoms with Gasteiger partial charge in [0.2, 0.25) is 0 Å². The highest BCUT2D eigenvalue weighted by atomic mass is 16.5. The van der Waals surface area contributed by atoms with Crippen LogP contribution in [0.2, 0.25) is 0 Å². The van der Waals surface area contributed by atoms with Crippen LogP contribution in [-0.4, -0.2) is 48.5 Å². The molecule has 3 rings (SSSR count). The minimum Gasteiger partial charge on any atom is -0.398 e. The summed E-state index contributed by atoms with van der Waals surface area (Å²) in [7, 11) is 1.76. The van der Waals surface area contributed by atoms with Crippen molar-refractivity contribution in [3.8, 4) is 0 Å². The molecule has 1 fully saturated rings. The van der Waals surface area contributed by atoms with Crippen molar-refractivity contribution in [2.24, 2.45) is 4.99 Å². The Morgan fingerprint density at radius 3 is 2.81 bits per heavy atom. The normalized spacial score (nSPS) is 17.7. The number of ether oxygens (including phenoxy) is 1. The average molecular weight is 365 g/mol. The van der Waals surface area contributed by atoms with Crippen molar-refractivity contribution in [2.75, 3.05) is 37.4 Å². The second kappa shape index (κ2) is 8.31. The summed E-state index contributed by atoms with van der Waals surface area (Å²) in [5.74, 6) is 0.885. The Labute approximate surface area is 160 Å². The molecule has 1 aromatic carbocycles. The topological polar surface area (TPSA) is 76.6 Å². The molecule has 1 aromatic heterocycles. The van der Waals surface area contributed by atoms with Crippen LogP contribution in [0.15, 0.2) is 41.2 Å². The number of benzene rings is 1. The van der Waals surface area contributed by atoms with E-state index in [4.69, 9.17) is 10.5 Å². The van der Waals surface area contributed by atoms with E-state index in [0.29, 0.717) is 12.3 Å². The maximum Gasteiger partial charge on any atom is 0.132 e. The summed E-state index contributed by atoms with van der Waals surface area (Å²) >= 11 is 0. The monoisotopic (exact) mass is 365 g/mol. The summed E-state index contributed by atoms with van der Waals surface area (Å²) in [5.41, 5.74) is 11.7. The van der Waals surface area contributed by atoms with Gasteiger partial charge in [0.15, 0.2) is 0 Å². The fourth-order valence-corrected chi connectivity index (χ4v) is 3.25. The third-order valence-corrected chi connectivity index (χ3v) is 4.47. The van der Waals surface area contributed by atoms with Crippen molar-refractivity contribution in [1.82, 2.24) is 9.97 Å². The number of nitrogens with two attached hydrogens (primary N) is 1. The Bertz CT molecular complexity index is 871. The molecule has 0 aliphatic carbocycles. The molecule has 0 bridgehead atoms. The number of rotatable bonds is 4. The van der Waals surface area contributed by atoms with E-state index in [1.807, 2.05) is 18.2 Å². The van der Waals surface area contributed by atoms with Crippen LogP contribution >= 0.6 is 0 Å². The van der Waals surface area contributed by atoms with E-state index in [-0.39, 0.29) is 6.10 Å². The van der Waals surface area contributed by atoms with Crippen LogP contribution in [0.1, 0.15) is 37.6 Å². The van der Waals surface area contributed by atoms with E-state index >= 15 is 0 Å². The third-order valence-electron chi connectivity index (χ3n) is 4.47. The lowest BCUT2D eigenvalue weighted by Crippen LogP contribution is -2.41. The molecule has 1 unspecified atom stereocenters. The van der Waals surface area contributed by atoms with Gasteiger partial charge in [0.05, 0.1) is 24.1 Å². The number of nitrogens with zero attached hydrogens (tertiary/aromatic N) is 4. The molecule has 2 aromatic rings. The van der Waals surface area contributed by atoms with Crippen LogP contribution < -0.4 is 10.6 Å². The summed E-state index contributed by atoms with van der Waals surface area (Å²) in [6.45, 7) is 8.55. The predicted octanol–water partition coefficient (Wildman–Crippen LogP) is 3.17. The molecule has 0 amide bonds. The van der Waals surface area contributed by atoms with Gasteiger partial charge in [0.25, 0.3) is 0 Å². The minimum atomic E-state index is 0.188. The molecule has 2 N–H and O–H groups in total. The van der Waals surface area contributed by atoms with E-state index in [1.165, 1.54) is 5.57 Å². The fourth-order valence-electron chi connectivity index (χ4n) is 3.25. The van der Waals surface area contributed by atoms with Gasteiger partial charge in [-0.1, -0.05) is 17.7 Å². The molecule has 6 heteroatoms. The molecule has 1 atom stereocenters. The lowest BCUT2D eigenvalue weighted by Gasteiger charge is -2.32. The van der Waals surface area contributed by atoms with Crippen LogP contribution in [0.5, 0.6) is 0 Å². The van der Waals surface area contributed by atoms with E-state index in [1.54, 1.807) is 13.4 Å². The molecule has 1 aliphatic rings. The van der Waals surface area contributed by atoms with Gasteiger partial charge in [-0.25, -0.2) is 9.97 Å². The summed E-state index contributed by atoms with van der Waals surface area (Å²) < 4.78 is 5.63.